The summed E-state index contributed by atoms with van der Waals surface area (Å²) in [7, 11) is 1.80. The molecule has 0 unspecified atom stereocenters. The Kier molecular flexibility index (Phi) is 4.58. The zero-order chi connectivity index (χ0) is 17.9. The van der Waals surface area contributed by atoms with Gasteiger partial charge in [-0.2, -0.15) is 0 Å². The molecule has 0 amide bonds. The SMILES string of the molecule is CN/C=C1/N=C(c2ccc3nc(C4CCNCC4)ccc3n2)C=CC1=N. The normalized spacial score (nSPS) is 19.8. The summed E-state index contributed by atoms with van der Waals surface area (Å²) in [6.45, 7) is 2.12. The number of aromatic nitrogens is 2. The smallest absolute Gasteiger partial charge is 0.104 e. The average molecular weight is 346 g/mol. The quantitative estimate of drug-likeness (QED) is 0.797. The molecule has 2 aromatic rings. The first-order valence-corrected chi connectivity index (χ1v) is 8.96. The molecule has 4 heterocycles. The largest absolute Gasteiger partial charge is 0.392 e. The van der Waals surface area contributed by atoms with Crippen molar-refractivity contribution in [2.24, 2.45) is 4.99 Å². The Hall–Kier alpha value is -2.86. The van der Waals surface area contributed by atoms with Crippen molar-refractivity contribution in [2.45, 2.75) is 18.8 Å². The van der Waals surface area contributed by atoms with Crippen molar-refractivity contribution in [3.8, 4) is 0 Å². The summed E-state index contributed by atoms with van der Waals surface area (Å²) < 4.78 is 0. The van der Waals surface area contributed by atoms with Gasteiger partial charge in [-0.25, -0.2) is 9.98 Å². The first-order valence-electron chi connectivity index (χ1n) is 8.96. The van der Waals surface area contributed by atoms with Crippen LogP contribution in [0.1, 0.15) is 30.1 Å². The summed E-state index contributed by atoms with van der Waals surface area (Å²) in [5.41, 5.74) is 5.49. The van der Waals surface area contributed by atoms with E-state index >= 15 is 0 Å². The minimum Gasteiger partial charge on any atom is -0.392 e. The third-order valence-electron chi connectivity index (χ3n) is 4.79. The van der Waals surface area contributed by atoms with Gasteiger partial charge in [-0.3, -0.25) is 10.4 Å². The number of piperidine rings is 1. The second-order valence-corrected chi connectivity index (χ2v) is 6.56. The highest BCUT2D eigenvalue weighted by molar-refractivity contribution is 6.19. The van der Waals surface area contributed by atoms with Crippen LogP contribution >= 0.6 is 0 Å². The summed E-state index contributed by atoms with van der Waals surface area (Å²) in [5, 5.41) is 14.2. The van der Waals surface area contributed by atoms with Crippen molar-refractivity contribution in [1.29, 1.82) is 5.41 Å². The third kappa shape index (κ3) is 3.28. The van der Waals surface area contributed by atoms with Crippen molar-refractivity contribution in [1.82, 2.24) is 20.6 Å². The van der Waals surface area contributed by atoms with Gasteiger partial charge >= 0.3 is 0 Å². The molecule has 1 saturated heterocycles. The molecule has 4 rings (SSSR count). The van der Waals surface area contributed by atoms with E-state index < -0.39 is 0 Å². The molecule has 2 aromatic heterocycles. The Balaban J connectivity index is 1.66. The Bertz CT molecular complexity index is 934. The number of nitrogens with zero attached hydrogens (tertiary/aromatic N) is 3. The van der Waals surface area contributed by atoms with E-state index in [0.29, 0.717) is 17.3 Å². The van der Waals surface area contributed by atoms with E-state index in [-0.39, 0.29) is 0 Å². The van der Waals surface area contributed by atoms with Crippen molar-refractivity contribution < 1.29 is 0 Å². The minimum absolute atomic E-state index is 0.386. The predicted molar refractivity (Wildman–Crippen MR) is 105 cm³/mol. The molecular formula is C20H22N6. The maximum absolute atomic E-state index is 7.92. The van der Waals surface area contributed by atoms with Crippen LogP contribution in [0, 0.1) is 5.41 Å². The second-order valence-electron chi connectivity index (χ2n) is 6.56. The molecule has 3 N–H and O–H groups in total. The maximum atomic E-state index is 7.92. The molecule has 6 heteroatoms. The molecule has 0 radical (unpaired) electrons. The van der Waals surface area contributed by atoms with E-state index in [0.717, 1.165) is 54.1 Å². The van der Waals surface area contributed by atoms with E-state index in [2.05, 4.69) is 27.8 Å². The van der Waals surface area contributed by atoms with Crippen molar-refractivity contribution in [2.75, 3.05) is 20.1 Å². The molecule has 0 spiro atoms. The summed E-state index contributed by atoms with van der Waals surface area (Å²) in [6.07, 6.45) is 7.58. The second kappa shape index (κ2) is 7.17. The summed E-state index contributed by atoms with van der Waals surface area (Å²) in [4.78, 5) is 14.1. The zero-order valence-electron chi connectivity index (χ0n) is 14.8. The van der Waals surface area contributed by atoms with Gasteiger partial charge in [0.2, 0.25) is 0 Å². The number of pyridine rings is 2. The highest BCUT2D eigenvalue weighted by Crippen LogP contribution is 2.25. The third-order valence-corrected chi connectivity index (χ3v) is 4.79. The Morgan fingerprint density at radius 1 is 1.08 bits per heavy atom. The van der Waals surface area contributed by atoms with Gasteiger partial charge < -0.3 is 10.6 Å². The van der Waals surface area contributed by atoms with Gasteiger partial charge in [-0.15, -0.1) is 0 Å². The molecule has 2 aliphatic rings. The molecule has 0 aromatic carbocycles. The lowest BCUT2D eigenvalue weighted by Gasteiger charge is -2.22. The van der Waals surface area contributed by atoms with Gasteiger partial charge in [0.25, 0.3) is 0 Å². The Morgan fingerprint density at radius 3 is 2.65 bits per heavy atom. The minimum atomic E-state index is 0.386. The number of hydrogen-bond acceptors (Lipinski definition) is 6. The number of allylic oxidation sites excluding steroid dienone is 2. The number of rotatable bonds is 3. The van der Waals surface area contributed by atoms with Crippen LogP contribution < -0.4 is 10.6 Å². The van der Waals surface area contributed by atoms with E-state index in [1.807, 2.05) is 18.2 Å². The molecular weight excluding hydrogens is 324 g/mol. The average Bonchev–Trinajstić information content (AvgIpc) is 2.70. The van der Waals surface area contributed by atoms with Crippen LogP contribution in [0.3, 0.4) is 0 Å². The number of dihydropyridines is 1. The van der Waals surface area contributed by atoms with Gasteiger partial charge in [-0.05, 0) is 62.3 Å². The van der Waals surface area contributed by atoms with E-state index in [1.165, 1.54) is 0 Å². The summed E-state index contributed by atoms with van der Waals surface area (Å²) in [5.74, 6) is 0.534. The van der Waals surface area contributed by atoms with Crippen LogP contribution in [-0.4, -0.2) is 41.5 Å². The summed E-state index contributed by atoms with van der Waals surface area (Å²) in [6, 6.07) is 8.13. The molecule has 0 saturated carbocycles. The van der Waals surface area contributed by atoms with Crippen molar-refractivity contribution >= 4 is 22.5 Å². The van der Waals surface area contributed by atoms with E-state index in [9.17, 15) is 0 Å². The molecule has 132 valence electrons. The van der Waals surface area contributed by atoms with Gasteiger partial charge in [0, 0.05) is 24.9 Å². The fourth-order valence-corrected chi connectivity index (χ4v) is 3.38. The monoisotopic (exact) mass is 346 g/mol. The van der Waals surface area contributed by atoms with Crippen molar-refractivity contribution in [3.63, 3.8) is 0 Å². The van der Waals surface area contributed by atoms with Crippen LogP contribution in [0.4, 0.5) is 0 Å². The fraction of sp³-hybridized carbons (Fsp3) is 0.300. The van der Waals surface area contributed by atoms with Gasteiger partial charge in [0.15, 0.2) is 0 Å². The predicted octanol–water partition coefficient (Wildman–Crippen LogP) is 2.54. The maximum Gasteiger partial charge on any atom is 0.104 e. The van der Waals surface area contributed by atoms with Crippen LogP contribution in [0.2, 0.25) is 0 Å². The zero-order valence-corrected chi connectivity index (χ0v) is 14.8. The number of fused-ring (bicyclic) bond motifs is 1. The van der Waals surface area contributed by atoms with Crippen LogP contribution in [0.25, 0.3) is 11.0 Å². The molecule has 26 heavy (non-hydrogen) atoms. The first-order chi connectivity index (χ1) is 12.7. The van der Waals surface area contributed by atoms with Crippen LogP contribution in [-0.2, 0) is 0 Å². The highest BCUT2D eigenvalue weighted by Gasteiger charge is 2.17. The van der Waals surface area contributed by atoms with E-state index in [4.69, 9.17) is 15.4 Å². The molecule has 0 bridgehead atoms. The van der Waals surface area contributed by atoms with Crippen molar-refractivity contribution in [3.05, 3.63) is 59.7 Å². The van der Waals surface area contributed by atoms with Crippen LogP contribution in [0.15, 0.2) is 53.3 Å². The fourth-order valence-electron chi connectivity index (χ4n) is 3.38. The number of hydrogen-bond donors (Lipinski definition) is 3. The highest BCUT2D eigenvalue weighted by atomic mass is 14.9. The Morgan fingerprint density at radius 2 is 1.85 bits per heavy atom. The summed E-state index contributed by atoms with van der Waals surface area (Å²) >= 11 is 0. The lowest BCUT2D eigenvalue weighted by molar-refractivity contribution is 0.454. The van der Waals surface area contributed by atoms with E-state index in [1.54, 1.807) is 19.3 Å². The number of aliphatic imine (C=N–C) groups is 1. The molecule has 0 aliphatic carbocycles. The van der Waals surface area contributed by atoms with Gasteiger partial charge in [0.1, 0.15) is 5.70 Å². The Labute approximate surface area is 152 Å². The molecule has 0 atom stereocenters. The topological polar surface area (TPSA) is 86.1 Å². The standard InChI is InChI=1S/C20H22N6/c1-22-12-20-14(21)2-3-16(26-20)19-7-6-17-18(25-19)5-4-15(24-17)13-8-10-23-11-9-13/h2-7,12-13,21-23H,8-11H2,1H3/b20-12+,21-14?. The van der Waals surface area contributed by atoms with Gasteiger partial charge in [-0.1, -0.05) is 0 Å². The lowest BCUT2D eigenvalue weighted by atomic mass is 9.94. The lowest BCUT2D eigenvalue weighted by Crippen LogP contribution is -2.27. The number of nitrogens with one attached hydrogen (secondary N) is 3. The van der Waals surface area contributed by atoms with Gasteiger partial charge in [0.05, 0.1) is 28.2 Å². The molecule has 1 fully saturated rings. The molecule has 6 nitrogen and oxygen atoms in total. The first kappa shape index (κ1) is 16.6. The molecule has 2 aliphatic heterocycles. The van der Waals surface area contributed by atoms with Crippen LogP contribution in [0.5, 0.6) is 0 Å².